The summed E-state index contributed by atoms with van der Waals surface area (Å²) in [4.78, 5) is 4.20. The van der Waals surface area contributed by atoms with E-state index < -0.39 is 0 Å². The molecule has 0 bridgehead atoms. The molecule has 0 fully saturated rings. The fourth-order valence-electron chi connectivity index (χ4n) is 0.800. The molecule has 0 aliphatic rings. The van der Waals surface area contributed by atoms with E-state index >= 15 is 0 Å². The number of rotatable bonds is 1. The first-order chi connectivity index (χ1) is 4.72. The summed E-state index contributed by atoms with van der Waals surface area (Å²) in [5.74, 6) is 1.03. The van der Waals surface area contributed by atoms with Gasteiger partial charge in [-0.05, 0) is 18.6 Å². The fourth-order valence-corrected chi connectivity index (χ4v) is 1.30. The van der Waals surface area contributed by atoms with Gasteiger partial charge in [0, 0.05) is 13.2 Å². The lowest BCUT2D eigenvalue weighted by atomic mass is 10.3. The molecule has 0 unspecified atom stereocenters. The standard InChI is InChI=1S/C7H9IN2/c1-6-4-3-5-9-7(6)10(2)8/h3-5H,1-2H3. The van der Waals surface area contributed by atoms with Crippen molar-refractivity contribution in [3.63, 3.8) is 0 Å². The minimum Gasteiger partial charge on any atom is -0.302 e. The smallest absolute Gasteiger partial charge is 0.139 e. The van der Waals surface area contributed by atoms with Crippen LogP contribution in [0.1, 0.15) is 5.56 Å². The normalized spacial score (nSPS) is 9.50. The van der Waals surface area contributed by atoms with Gasteiger partial charge in [-0.1, -0.05) is 6.07 Å². The monoisotopic (exact) mass is 248 g/mol. The van der Waals surface area contributed by atoms with Crippen LogP contribution in [0.25, 0.3) is 0 Å². The minimum absolute atomic E-state index is 1.03. The first kappa shape index (κ1) is 7.78. The second kappa shape index (κ2) is 3.18. The minimum atomic E-state index is 1.03. The van der Waals surface area contributed by atoms with Crippen molar-refractivity contribution in [3.05, 3.63) is 23.9 Å². The van der Waals surface area contributed by atoms with Crippen molar-refractivity contribution in [2.24, 2.45) is 0 Å². The van der Waals surface area contributed by atoms with Crippen molar-refractivity contribution in [2.45, 2.75) is 6.92 Å². The van der Waals surface area contributed by atoms with E-state index in [-0.39, 0.29) is 0 Å². The number of aromatic nitrogens is 1. The first-order valence-corrected chi connectivity index (χ1v) is 3.99. The summed E-state index contributed by atoms with van der Waals surface area (Å²) in [7, 11) is 1.98. The molecule has 0 N–H and O–H groups in total. The molecule has 0 radical (unpaired) electrons. The zero-order valence-corrected chi connectivity index (χ0v) is 8.16. The Bertz CT molecular complexity index is 223. The van der Waals surface area contributed by atoms with E-state index in [1.807, 2.05) is 16.2 Å². The molecule has 10 heavy (non-hydrogen) atoms. The highest BCUT2D eigenvalue weighted by Crippen LogP contribution is 2.16. The Kier molecular flexibility index (Phi) is 2.48. The van der Waals surface area contributed by atoms with Crippen molar-refractivity contribution in [3.8, 4) is 0 Å². The van der Waals surface area contributed by atoms with Gasteiger partial charge in [0.25, 0.3) is 0 Å². The van der Waals surface area contributed by atoms with Crippen LogP contribution in [0.15, 0.2) is 18.3 Å². The molecular weight excluding hydrogens is 239 g/mol. The number of hydrogen-bond acceptors (Lipinski definition) is 2. The van der Waals surface area contributed by atoms with Gasteiger partial charge in [0.2, 0.25) is 0 Å². The van der Waals surface area contributed by atoms with Gasteiger partial charge in [0.15, 0.2) is 0 Å². The molecule has 0 saturated carbocycles. The summed E-state index contributed by atoms with van der Waals surface area (Å²) in [6.07, 6.45) is 1.80. The van der Waals surface area contributed by atoms with Crippen LogP contribution in [0.2, 0.25) is 0 Å². The molecule has 2 nitrogen and oxygen atoms in total. The summed E-state index contributed by atoms with van der Waals surface area (Å²) in [5, 5.41) is 0. The quantitative estimate of drug-likeness (QED) is 0.559. The predicted octanol–water partition coefficient (Wildman–Crippen LogP) is 2.18. The maximum atomic E-state index is 4.20. The second-order valence-electron chi connectivity index (χ2n) is 2.12. The molecular formula is C7H9IN2. The summed E-state index contributed by atoms with van der Waals surface area (Å²) >= 11 is 2.20. The summed E-state index contributed by atoms with van der Waals surface area (Å²) in [5.41, 5.74) is 1.21. The van der Waals surface area contributed by atoms with E-state index in [0.717, 1.165) is 5.82 Å². The number of halogens is 1. The van der Waals surface area contributed by atoms with Crippen LogP contribution < -0.4 is 3.11 Å². The Hall–Kier alpha value is -0.320. The topological polar surface area (TPSA) is 16.1 Å². The first-order valence-electron chi connectivity index (χ1n) is 3.03. The Morgan fingerprint density at radius 2 is 2.30 bits per heavy atom. The number of anilines is 1. The molecule has 1 rings (SSSR count). The molecule has 0 aliphatic carbocycles. The largest absolute Gasteiger partial charge is 0.302 e. The third kappa shape index (κ3) is 1.59. The molecule has 0 saturated heterocycles. The van der Waals surface area contributed by atoms with Crippen molar-refractivity contribution < 1.29 is 0 Å². The van der Waals surface area contributed by atoms with Crippen molar-refractivity contribution in [1.82, 2.24) is 4.98 Å². The van der Waals surface area contributed by atoms with E-state index in [1.165, 1.54) is 5.56 Å². The Labute approximate surface area is 74.8 Å². The predicted molar refractivity (Wildman–Crippen MR) is 51.4 cm³/mol. The van der Waals surface area contributed by atoms with Gasteiger partial charge in [-0.15, -0.1) is 0 Å². The van der Waals surface area contributed by atoms with E-state index in [0.29, 0.717) is 0 Å². The van der Waals surface area contributed by atoms with Gasteiger partial charge in [0.05, 0.1) is 22.9 Å². The Balaban J connectivity index is 3.03. The summed E-state index contributed by atoms with van der Waals surface area (Å²) in [6.45, 7) is 2.05. The number of nitrogens with zero attached hydrogens (tertiary/aromatic N) is 2. The van der Waals surface area contributed by atoms with Crippen LogP contribution in [0.3, 0.4) is 0 Å². The molecule has 3 heteroatoms. The Morgan fingerprint density at radius 3 is 2.70 bits per heavy atom. The molecule has 1 heterocycles. The molecule has 0 aliphatic heterocycles. The SMILES string of the molecule is Cc1cccnc1N(C)I. The van der Waals surface area contributed by atoms with Crippen LogP contribution in [-0.4, -0.2) is 12.0 Å². The molecule has 0 atom stereocenters. The fraction of sp³-hybridized carbons (Fsp3) is 0.286. The van der Waals surface area contributed by atoms with Crippen LogP contribution in [0.4, 0.5) is 5.82 Å². The van der Waals surface area contributed by atoms with Crippen molar-refractivity contribution in [1.29, 1.82) is 0 Å². The average molecular weight is 248 g/mol. The van der Waals surface area contributed by atoms with Gasteiger partial charge in [-0.25, -0.2) is 4.98 Å². The summed E-state index contributed by atoms with van der Waals surface area (Å²) < 4.78 is 1.98. The number of hydrogen-bond donors (Lipinski definition) is 0. The second-order valence-corrected chi connectivity index (χ2v) is 3.57. The molecule has 1 aromatic heterocycles. The highest BCUT2D eigenvalue weighted by Gasteiger charge is 1.99. The highest BCUT2D eigenvalue weighted by molar-refractivity contribution is 14.1. The zero-order valence-electron chi connectivity index (χ0n) is 6.00. The van der Waals surface area contributed by atoms with Gasteiger partial charge in [0.1, 0.15) is 5.82 Å². The molecule has 0 amide bonds. The third-order valence-electron chi connectivity index (χ3n) is 1.27. The van der Waals surface area contributed by atoms with Gasteiger partial charge < -0.3 is 3.11 Å². The van der Waals surface area contributed by atoms with Gasteiger partial charge in [-0.2, -0.15) is 0 Å². The maximum absolute atomic E-state index is 4.20. The van der Waals surface area contributed by atoms with Crippen molar-refractivity contribution >= 4 is 28.7 Å². The Morgan fingerprint density at radius 1 is 1.60 bits per heavy atom. The van der Waals surface area contributed by atoms with E-state index in [2.05, 4.69) is 40.8 Å². The van der Waals surface area contributed by atoms with E-state index in [9.17, 15) is 0 Å². The zero-order chi connectivity index (χ0) is 7.56. The third-order valence-corrected chi connectivity index (χ3v) is 1.73. The number of aryl methyl sites for hydroxylation is 1. The van der Waals surface area contributed by atoms with E-state index in [1.54, 1.807) is 6.20 Å². The molecule has 1 aromatic rings. The van der Waals surface area contributed by atoms with Gasteiger partial charge in [-0.3, -0.25) is 0 Å². The van der Waals surface area contributed by atoms with E-state index in [4.69, 9.17) is 0 Å². The molecule has 0 aromatic carbocycles. The van der Waals surface area contributed by atoms with Crippen molar-refractivity contribution in [2.75, 3.05) is 10.2 Å². The molecule has 0 spiro atoms. The lowest BCUT2D eigenvalue weighted by Gasteiger charge is -2.09. The molecule has 54 valence electrons. The average Bonchev–Trinajstić information content (AvgIpc) is 1.88. The lowest BCUT2D eigenvalue weighted by Crippen LogP contribution is -2.03. The van der Waals surface area contributed by atoms with Crippen LogP contribution >= 0.6 is 22.9 Å². The van der Waals surface area contributed by atoms with Crippen LogP contribution in [0.5, 0.6) is 0 Å². The maximum Gasteiger partial charge on any atom is 0.139 e. The summed E-state index contributed by atoms with van der Waals surface area (Å²) in [6, 6.07) is 4.00. The van der Waals surface area contributed by atoms with Crippen LogP contribution in [-0.2, 0) is 0 Å². The lowest BCUT2D eigenvalue weighted by molar-refractivity contribution is 1.20. The van der Waals surface area contributed by atoms with Gasteiger partial charge >= 0.3 is 0 Å². The number of pyridine rings is 1. The highest BCUT2D eigenvalue weighted by atomic mass is 127. The van der Waals surface area contributed by atoms with Crippen LogP contribution in [0, 0.1) is 6.92 Å².